The van der Waals surface area contributed by atoms with Gasteiger partial charge >= 0.3 is 12.1 Å². The number of aromatic nitrogens is 2. The van der Waals surface area contributed by atoms with Gasteiger partial charge < -0.3 is 15.9 Å². The second-order valence-electron chi connectivity index (χ2n) is 3.48. The monoisotopic (exact) mass is 287 g/mol. The van der Waals surface area contributed by atoms with E-state index < -0.39 is 40.7 Å². The lowest BCUT2D eigenvalue weighted by Crippen LogP contribution is -2.37. The first-order valence-corrected chi connectivity index (χ1v) is 4.91. The van der Waals surface area contributed by atoms with Crippen molar-refractivity contribution in [1.82, 2.24) is 9.78 Å². The van der Waals surface area contributed by atoms with E-state index in [0.717, 1.165) is 7.05 Å². The molecule has 1 aromatic heterocycles. The molecule has 0 aliphatic rings. The number of aliphatic hydroxyl groups excluding tert-OH is 1. The van der Waals surface area contributed by atoms with E-state index in [1.807, 2.05) is 0 Å². The number of carboxylic acids is 1. The van der Waals surface area contributed by atoms with Gasteiger partial charge in [0.25, 0.3) is 0 Å². The van der Waals surface area contributed by atoms with Crippen LogP contribution in [0, 0.1) is 0 Å². The lowest BCUT2D eigenvalue weighted by molar-refractivity contribution is -0.146. The van der Waals surface area contributed by atoms with Gasteiger partial charge in [0, 0.05) is 7.05 Å². The van der Waals surface area contributed by atoms with Gasteiger partial charge in [0.05, 0.1) is 5.56 Å². The summed E-state index contributed by atoms with van der Waals surface area (Å²) in [6, 6.07) is -1.94. The van der Waals surface area contributed by atoms with Gasteiger partial charge in [0.1, 0.15) is 17.3 Å². The van der Waals surface area contributed by atoms with Crippen molar-refractivity contribution in [3.05, 3.63) is 16.4 Å². The molecule has 0 spiro atoms. The first kappa shape index (κ1) is 14.7. The second kappa shape index (κ2) is 4.75. The number of rotatable bonds is 3. The number of hydrogen-bond donors (Lipinski definition) is 3. The van der Waals surface area contributed by atoms with Gasteiger partial charge in [0.2, 0.25) is 0 Å². The van der Waals surface area contributed by atoms with E-state index in [9.17, 15) is 23.1 Å². The van der Waals surface area contributed by atoms with Gasteiger partial charge in [-0.2, -0.15) is 18.3 Å². The van der Waals surface area contributed by atoms with Crippen molar-refractivity contribution in [2.75, 3.05) is 0 Å². The highest BCUT2D eigenvalue weighted by molar-refractivity contribution is 6.30. The first-order valence-electron chi connectivity index (χ1n) is 4.53. The van der Waals surface area contributed by atoms with Gasteiger partial charge in [0.15, 0.2) is 5.69 Å². The Kier molecular flexibility index (Phi) is 3.89. The molecular formula is C8H9ClF3N3O3. The molecule has 1 aromatic rings. The van der Waals surface area contributed by atoms with Gasteiger partial charge in [-0.05, 0) is 0 Å². The molecule has 18 heavy (non-hydrogen) atoms. The van der Waals surface area contributed by atoms with Gasteiger partial charge in [-0.3, -0.25) is 9.48 Å². The molecule has 0 bridgehead atoms. The topological polar surface area (TPSA) is 101 Å². The molecule has 0 aromatic carbocycles. The SMILES string of the molecule is Cn1nc(C(F)(F)F)c(C(O)C(N)C(=O)O)c1Cl. The highest BCUT2D eigenvalue weighted by Crippen LogP contribution is 2.38. The van der Waals surface area contributed by atoms with Crippen LogP contribution >= 0.6 is 11.6 Å². The van der Waals surface area contributed by atoms with E-state index in [2.05, 4.69) is 5.10 Å². The molecule has 1 heterocycles. The average Bonchev–Trinajstić information content (AvgIpc) is 2.53. The summed E-state index contributed by atoms with van der Waals surface area (Å²) in [5.41, 5.74) is 2.76. The largest absolute Gasteiger partial charge is 0.480 e. The highest BCUT2D eigenvalue weighted by atomic mass is 35.5. The van der Waals surface area contributed by atoms with Crippen molar-refractivity contribution in [3.63, 3.8) is 0 Å². The molecule has 4 N–H and O–H groups in total. The van der Waals surface area contributed by atoms with Crippen molar-refractivity contribution < 1.29 is 28.2 Å². The molecule has 0 aliphatic heterocycles. The number of nitrogens with zero attached hydrogens (tertiary/aromatic N) is 2. The van der Waals surface area contributed by atoms with E-state index in [1.54, 1.807) is 0 Å². The van der Waals surface area contributed by atoms with E-state index in [0.29, 0.717) is 4.68 Å². The molecule has 2 atom stereocenters. The molecule has 1 rings (SSSR count). The van der Waals surface area contributed by atoms with Crippen molar-refractivity contribution in [2.24, 2.45) is 12.8 Å². The fourth-order valence-electron chi connectivity index (χ4n) is 1.31. The van der Waals surface area contributed by atoms with E-state index >= 15 is 0 Å². The molecule has 6 nitrogen and oxygen atoms in total. The Morgan fingerprint density at radius 2 is 2.06 bits per heavy atom. The summed E-state index contributed by atoms with van der Waals surface area (Å²) in [5.74, 6) is -1.66. The van der Waals surface area contributed by atoms with Gasteiger partial charge in [-0.15, -0.1) is 0 Å². The van der Waals surface area contributed by atoms with E-state index in [-0.39, 0.29) is 0 Å². The van der Waals surface area contributed by atoms with Crippen LogP contribution in [-0.4, -0.2) is 32.0 Å². The van der Waals surface area contributed by atoms with Crippen LogP contribution in [-0.2, 0) is 18.0 Å². The Morgan fingerprint density at radius 1 is 1.56 bits per heavy atom. The molecule has 0 fully saturated rings. The third-order valence-corrected chi connectivity index (χ3v) is 2.65. The lowest BCUT2D eigenvalue weighted by atomic mass is 10.0. The van der Waals surface area contributed by atoms with E-state index in [1.165, 1.54) is 0 Å². The molecule has 102 valence electrons. The van der Waals surface area contributed by atoms with Gasteiger partial charge in [-0.1, -0.05) is 11.6 Å². The average molecular weight is 288 g/mol. The Morgan fingerprint density at radius 3 is 2.44 bits per heavy atom. The van der Waals surface area contributed by atoms with Crippen LogP contribution in [0.2, 0.25) is 5.15 Å². The smallest absolute Gasteiger partial charge is 0.435 e. The first-order chi connectivity index (χ1) is 8.07. The van der Waals surface area contributed by atoms with Crippen LogP contribution in [0.15, 0.2) is 0 Å². The molecule has 0 saturated carbocycles. The number of carboxylic acid groups (broad SMARTS) is 1. The molecule has 2 unspecified atom stereocenters. The van der Waals surface area contributed by atoms with Gasteiger partial charge in [-0.25, -0.2) is 0 Å². The second-order valence-corrected chi connectivity index (χ2v) is 3.84. The summed E-state index contributed by atoms with van der Waals surface area (Å²) >= 11 is 5.56. The molecule has 0 amide bonds. The van der Waals surface area contributed by atoms with E-state index in [4.69, 9.17) is 22.4 Å². The predicted octanol–water partition coefficient (Wildman–Crippen LogP) is 0.538. The molecule has 0 aliphatic carbocycles. The number of hydrogen-bond acceptors (Lipinski definition) is 4. The summed E-state index contributed by atoms with van der Waals surface area (Å²) in [6.45, 7) is 0. The Labute approximate surface area is 104 Å². The number of nitrogens with two attached hydrogens (primary N) is 1. The summed E-state index contributed by atoms with van der Waals surface area (Å²) in [7, 11) is 1.13. The zero-order valence-corrected chi connectivity index (χ0v) is 9.70. The van der Waals surface area contributed by atoms with Crippen molar-refractivity contribution in [2.45, 2.75) is 18.3 Å². The zero-order valence-electron chi connectivity index (χ0n) is 8.94. The van der Waals surface area contributed by atoms with Crippen LogP contribution in [0.3, 0.4) is 0 Å². The highest BCUT2D eigenvalue weighted by Gasteiger charge is 2.42. The molecular weight excluding hydrogens is 279 g/mol. The van der Waals surface area contributed by atoms with Crippen molar-refractivity contribution in [1.29, 1.82) is 0 Å². The number of halogens is 4. The number of aliphatic carboxylic acids is 1. The molecule has 10 heteroatoms. The predicted molar refractivity (Wildman–Crippen MR) is 53.8 cm³/mol. The van der Waals surface area contributed by atoms with Crippen molar-refractivity contribution in [3.8, 4) is 0 Å². The number of alkyl halides is 3. The minimum Gasteiger partial charge on any atom is -0.480 e. The Balaban J connectivity index is 3.35. The third-order valence-electron chi connectivity index (χ3n) is 2.20. The van der Waals surface area contributed by atoms with Crippen LogP contribution < -0.4 is 5.73 Å². The summed E-state index contributed by atoms with van der Waals surface area (Å²) in [6.07, 6.45) is -6.99. The molecule has 0 saturated heterocycles. The fourth-order valence-corrected chi connectivity index (χ4v) is 1.54. The summed E-state index contributed by atoms with van der Waals surface area (Å²) in [5, 5.41) is 20.7. The number of aryl methyl sites for hydroxylation is 1. The number of aliphatic hydroxyl groups is 1. The maximum atomic E-state index is 12.6. The summed E-state index contributed by atoms with van der Waals surface area (Å²) in [4.78, 5) is 10.6. The Hall–Kier alpha value is -1.32. The normalized spacial score (nSPS) is 15.5. The standard InChI is InChI=1S/C8H9ClF3N3O3/c1-15-6(9)2(4(16)3(13)7(17)18)5(14-15)8(10,11)12/h3-4,16H,13H2,1H3,(H,17,18). The third kappa shape index (κ3) is 2.57. The number of carbonyl (C=O) groups is 1. The Bertz CT molecular complexity index is 474. The van der Waals surface area contributed by atoms with Crippen LogP contribution in [0.5, 0.6) is 0 Å². The lowest BCUT2D eigenvalue weighted by Gasteiger charge is -2.16. The van der Waals surface area contributed by atoms with Crippen LogP contribution in [0.4, 0.5) is 13.2 Å². The van der Waals surface area contributed by atoms with Crippen molar-refractivity contribution >= 4 is 17.6 Å². The van der Waals surface area contributed by atoms with Crippen LogP contribution in [0.1, 0.15) is 17.4 Å². The molecule has 0 radical (unpaired) electrons. The zero-order chi connectivity index (χ0) is 14.2. The quantitative estimate of drug-likeness (QED) is 0.753. The fraction of sp³-hybridized carbons (Fsp3) is 0.500. The minimum absolute atomic E-state index is 0.522. The summed E-state index contributed by atoms with van der Waals surface area (Å²) < 4.78 is 38.6. The maximum absolute atomic E-state index is 12.6. The maximum Gasteiger partial charge on any atom is 0.435 e. The minimum atomic E-state index is -4.88. The van der Waals surface area contributed by atoms with Crippen LogP contribution in [0.25, 0.3) is 0 Å².